The lowest BCUT2D eigenvalue weighted by Crippen LogP contribution is -2.25. The second kappa shape index (κ2) is 7.88. The molecule has 0 spiro atoms. The Morgan fingerprint density at radius 3 is 2.73 bits per heavy atom. The third-order valence-corrected chi connectivity index (χ3v) is 5.12. The predicted molar refractivity (Wildman–Crippen MR) is 112 cm³/mol. The molecule has 8 nitrogen and oxygen atoms in total. The summed E-state index contributed by atoms with van der Waals surface area (Å²) in [5.74, 6) is 0.590. The highest BCUT2D eigenvalue weighted by Gasteiger charge is 2.17. The highest BCUT2D eigenvalue weighted by Crippen LogP contribution is 2.32. The van der Waals surface area contributed by atoms with Gasteiger partial charge in [0.2, 0.25) is 0 Å². The lowest BCUT2D eigenvalue weighted by molar-refractivity contribution is 0.358. The van der Waals surface area contributed by atoms with Crippen molar-refractivity contribution >= 4 is 34.6 Å². The minimum absolute atomic E-state index is 0.00271. The van der Waals surface area contributed by atoms with Gasteiger partial charge in [0, 0.05) is 5.39 Å². The summed E-state index contributed by atoms with van der Waals surface area (Å²) in [7, 11) is 2.96. The van der Waals surface area contributed by atoms with Gasteiger partial charge in [-0.2, -0.15) is 10.2 Å². The summed E-state index contributed by atoms with van der Waals surface area (Å²) in [4.78, 5) is 13.2. The molecule has 4 aromatic rings. The van der Waals surface area contributed by atoms with Crippen molar-refractivity contribution in [3.63, 3.8) is 0 Å². The van der Waals surface area contributed by atoms with E-state index in [1.165, 1.54) is 37.1 Å². The quantitative estimate of drug-likeness (QED) is 0.471. The Morgan fingerprint density at radius 1 is 1.23 bits per heavy atom. The van der Waals surface area contributed by atoms with Crippen molar-refractivity contribution in [1.29, 1.82) is 0 Å². The van der Waals surface area contributed by atoms with Crippen LogP contribution in [0.3, 0.4) is 0 Å². The summed E-state index contributed by atoms with van der Waals surface area (Å²) in [6.45, 7) is -0.00271. The van der Waals surface area contributed by atoms with E-state index in [0.29, 0.717) is 33.8 Å². The number of ether oxygens (including phenoxy) is 2. The summed E-state index contributed by atoms with van der Waals surface area (Å²) in [5, 5.41) is 12.0. The van der Waals surface area contributed by atoms with Crippen molar-refractivity contribution in [2.45, 2.75) is 6.54 Å². The minimum Gasteiger partial charge on any atom is -0.493 e. The van der Waals surface area contributed by atoms with Crippen molar-refractivity contribution in [2.24, 2.45) is 0 Å². The maximum absolute atomic E-state index is 13.6. The molecule has 0 atom stereocenters. The topological polar surface area (TPSA) is 87.0 Å². The molecule has 154 valence electrons. The van der Waals surface area contributed by atoms with Gasteiger partial charge in [-0.05, 0) is 42.5 Å². The van der Waals surface area contributed by atoms with E-state index in [2.05, 4.69) is 15.3 Å². The molecular weight excluding hydrogens is 433 g/mol. The molecular formula is C19H15ClFN5O3S. The second-order valence-corrected chi connectivity index (χ2v) is 7.05. The number of rotatable bonds is 5. The van der Waals surface area contributed by atoms with Crippen molar-refractivity contribution in [3.05, 3.63) is 68.3 Å². The number of halogens is 2. The first-order valence-corrected chi connectivity index (χ1v) is 9.45. The van der Waals surface area contributed by atoms with Gasteiger partial charge >= 0.3 is 0 Å². The number of aromatic nitrogens is 5. The molecule has 0 aliphatic carbocycles. The molecule has 2 heterocycles. The first-order valence-electron chi connectivity index (χ1n) is 8.67. The third-order valence-electron chi connectivity index (χ3n) is 4.56. The van der Waals surface area contributed by atoms with Crippen LogP contribution in [0.4, 0.5) is 4.39 Å². The Labute approximate surface area is 179 Å². The summed E-state index contributed by atoms with van der Waals surface area (Å²) < 4.78 is 27.3. The highest BCUT2D eigenvalue weighted by molar-refractivity contribution is 7.71. The zero-order valence-corrected chi connectivity index (χ0v) is 17.4. The van der Waals surface area contributed by atoms with Gasteiger partial charge in [-0.3, -0.25) is 14.5 Å². The molecule has 0 saturated carbocycles. The molecule has 0 fully saturated rings. The van der Waals surface area contributed by atoms with Gasteiger partial charge in [-0.1, -0.05) is 11.6 Å². The van der Waals surface area contributed by atoms with E-state index in [4.69, 9.17) is 33.3 Å². The van der Waals surface area contributed by atoms with Crippen LogP contribution in [0.5, 0.6) is 11.5 Å². The molecule has 0 radical (unpaired) electrons. The Bertz CT molecular complexity index is 1380. The van der Waals surface area contributed by atoms with Crippen LogP contribution in [0.1, 0.15) is 5.82 Å². The average molecular weight is 448 g/mol. The van der Waals surface area contributed by atoms with Crippen LogP contribution in [0.15, 0.2) is 41.3 Å². The van der Waals surface area contributed by atoms with Gasteiger partial charge in [0.05, 0.1) is 36.5 Å². The molecule has 0 aliphatic heterocycles. The maximum Gasteiger partial charge on any atom is 0.278 e. The maximum atomic E-state index is 13.6. The third kappa shape index (κ3) is 3.33. The monoisotopic (exact) mass is 447 g/mol. The fourth-order valence-electron chi connectivity index (χ4n) is 3.16. The first-order chi connectivity index (χ1) is 14.4. The first kappa shape index (κ1) is 20.0. The summed E-state index contributed by atoms with van der Waals surface area (Å²) in [6.07, 6.45) is 1.55. The molecule has 0 unspecified atom stereocenters. The van der Waals surface area contributed by atoms with Gasteiger partial charge in [0.1, 0.15) is 12.4 Å². The van der Waals surface area contributed by atoms with Crippen LogP contribution in [-0.4, -0.2) is 38.8 Å². The summed E-state index contributed by atoms with van der Waals surface area (Å²) >= 11 is 11.2. The van der Waals surface area contributed by atoms with Crippen LogP contribution in [0, 0.1) is 10.6 Å². The molecule has 11 heteroatoms. The normalized spacial score (nSPS) is 11.1. The molecule has 0 saturated heterocycles. The summed E-state index contributed by atoms with van der Waals surface area (Å²) in [6, 6.07) is 7.60. The molecule has 2 aromatic heterocycles. The lowest BCUT2D eigenvalue weighted by atomic mass is 10.1. The number of H-pyrrole nitrogens is 1. The van der Waals surface area contributed by atoms with Gasteiger partial charge < -0.3 is 9.47 Å². The molecule has 0 aliphatic rings. The van der Waals surface area contributed by atoms with Crippen LogP contribution in [0.2, 0.25) is 5.02 Å². The molecule has 1 N–H and O–H groups in total. The van der Waals surface area contributed by atoms with Crippen LogP contribution in [-0.2, 0) is 6.54 Å². The number of aromatic amines is 1. The Morgan fingerprint density at radius 2 is 2.03 bits per heavy atom. The number of benzene rings is 2. The second-order valence-electron chi connectivity index (χ2n) is 6.25. The number of methoxy groups -OCH3 is 2. The van der Waals surface area contributed by atoms with E-state index in [1.54, 1.807) is 22.9 Å². The average Bonchev–Trinajstić information content (AvgIpc) is 3.11. The molecule has 0 amide bonds. The molecule has 0 bridgehead atoms. The Hall–Kier alpha value is -3.24. The van der Waals surface area contributed by atoms with Crippen molar-refractivity contribution < 1.29 is 13.9 Å². The van der Waals surface area contributed by atoms with Crippen LogP contribution in [0.25, 0.3) is 16.5 Å². The zero-order valence-electron chi connectivity index (χ0n) is 15.8. The van der Waals surface area contributed by atoms with E-state index < -0.39 is 5.82 Å². The zero-order chi connectivity index (χ0) is 21.4. The number of hydrogen-bond donors (Lipinski definition) is 1. The van der Waals surface area contributed by atoms with Gasteiger partial charge in [0.25, 0.3) is 5.56 Å². The fraction of sp³-hybridized carbons (Fsp3) is 0.158. The standard InChI is InChI=1S/C19H15ClFN5O3S/c1-28-14-6-3-10-8-22-25(18(27)16(10)17(14)29-2)9-15-23-24-19(30)26(15)11-4-5-13(21)12(20)7-11/h3-8H,9H2,1-2H3,(H,24,30). The predicted octanol–water partition coefficient (Wildman–Crippen LogP) is 3.50. The van der Waals surface area contributed by atoms with Gasteiger partial charge in [0.15, 0.2) is 22.1 Å². The van der Waals surface area contributed by atoms with Crippen molar-refractivity contribution in [2.75, 3.05) is 14.2 Å². The van der Waals surface area contributed by atoms with E-state index in [0.717, 1.165) is 0 Å². The number of hydrogen-bond acceptors (Lipinski definition) is 6. The van der Waals surface area contributed by atoms with Crippen LogP contribution < -0.4 is 15.0 Å². The van der Waals surface area contributed by atoms with Crippen molar-refractivity contribution in [3.8, 4) is 17.2 Å². The number of nitrogens with zero attached hydrogens (tertiary/aromatic N) is 4. The molecule has 30 heavy (non-hydrogen) atoms. The van der Waals surface area contributed by atoms with E-state index in [1.807, 2.05) is 0 Å². The Kier molecular flexibility index (Phi) is 5.27. The SMILES string of the molecule is COc1ccc2cnn(Cc3n[nH]c(=S)n3-c3ccc(F)c(Cl)c3)c(=O)c2c1OC. The minimum atomic E-state index is -0.551. The molecule has 4 rings (SSSR count). The number of fused-ring (bicyclic) bond motifs is 1. The smallest absolute Gasteiger partial charge is 0.278 e. The number of nitrogens with one attached hydrogen (secondary N) is 1. The van der Waals surface area contributed by atoms with Crippen LogP contribution >= 0.6 is 23.8 Å². The largest absolute Gasteiger partial charge is 0.493 e. The Balaban J connectivity index is 1.85. The van der Waals surface area contributed by atoms with E-state index in [-0.39, 0.29) is 21.9 Å². The fourth-order valence-corrected chi connectivity index (χ4v) is 3.59. The highest BCUT2D eigenvalue weighted by atomic mass is 35.5. The van der Waals surface area contributed by atoms with Gasteiger partial charge in [-0.15, -0.1) is 0 Å². The van der Waals surface area contributed by atoms with E-state index in [9.17, 15) is 9.18 Å². The summed E-state index contributed by atoms with van der Waals surface area (Å²) in [5.41, 5.74) is 0.115. The lowest BCUT2D eigenvalue weighted by Gasteiger charge is -2.12. The van der Waals surface area contributed by atoms with Crippen molar-refractivity contribution in [1.82, 2.24) is 24.5 Å². The molecule has 2 aromatic carbocycles. The van der Waals surface area contributed by atoms with Gasteiger partial charge in [-0.25, -0.2) is 9.07 Å². The van der Waals surface area contributed by atoms with E-state index >= 15 is 0 Å².